The van der Waals surface area contributed by atoms with Crippen LogP contribution in [0, 0.1) is 6.92 Å². The molecule has 1 heterocycles. The number of nitrogens with zero attached hydrogens (tertiary/aromatic N) is 2. The van der Waals surface area contributed by atoms with Crippen LogP contribution in [0.3, 0.4) is 0 Å². The van der Waals surface area contributed by atoms with Gasteiger partial charge in [-0.25, -0.2) is 0 Å². The number of aryl methyl sites for hydroxylation is 1. The zero-order valence-electron chi connectivity index (χ0n) is 13.6. The van der Waals surface area contributed by atoms with E-state index in [0.717, 1.165) is 16.8 Å². The number of benzene rings is 2. The highest BCUT2D eigenvalue weighted by molar-refractivity contribution is 8.13. The Hall–Kier alpha value is -1.75. The van der Waals surface area contributed by atoms with Gasteiger partial charge in [-0.1, -0.05) is 71.4 Å². The van der Waals surface area contributed by atoms with Gasteiger partial charge in [0.15, 0.2) is 0 Å². The molecule has 0 N–H and O–H groups in total. The molecule has 0 aliphatic heterocycles. The van der Waals surface area contributed by atoms with Gasteiger partial charge < -0.3 is 0 Å². The zero-order chi connectivity index (χ0) is 17.8. The molecule has 6 heteroatoms. The van der Waals surface area contributed by atoms with Gasteiger partial charge in [0.25, 0.3) is 0 Å². The standard InChI is InChI=1S/C19H16Cl2N2OS/c1-13-10-18(19(24)25-12-14-6-3-2-4-7-14)22-23(13)11-15-16(20)8-5-9-17(15)21/h2-10H,11-12H2,1H3. The highest BCUT2D eigenvalue weighted by Crippen LogP contribution is 2.26. The largest absolute Gasteiger partial charge is 0.280 e. The average molecular weight is 391 g/mol. The van der Waals surface area contributed by atoms with Crippen LogP contribution in [0.5, 0.6) is 0 Å². The predicted octanol–water partition coefficient (Wildman–Crippen LogP) is 5.62. The third-order valence-corrected chi connectivity index (χ3v) is 5.43. The number of carbonyl (C=O) groups is 1. The molecule has 0 spiro atoms. The van der Waals surface area contributed by atoms with Gasteiger partial charge in [-0.15, -0.1) is 0 Å². The number of halogens is 2. The Morgan fingerprint density at radius 1 is 1.08 bits per heavy atom. The fraction of sp³-hybridized carbons (Fsp3) is 0.158. The van der Waals surface area contributed by atoms with Gasteiger partial charge in [-0.05, 0) is 30.7 Å². The van der Waals surface area contributed by atoms with Crippen LogP contribution >= 0.6 is 35.0 Å². The lowest BCUT2D eigenvalue weighted by Gasteiger charge is -2.08. The van der Waals surface area contributed by atoms with Crippen LogP contribution in [0.15, 0.2) is 54.6 Å². The summed E-state index contributed by atoms with van der Waals surface area (Å²) in [4.78, 5) is 12.4. The van der Waals surface area contributed by atoms with Gasteiger partial charge in [0.2, 0.25) is 5.12 Å². The van der Waals surface area contributed by atoms with E-state index in [1.54, 1.807) is 28.9 Å². The van der Waals surface area contributed by atoms with Crippen molar-refractivity contribution < 1.29 is 4.79 Å². The summed E-state index contributed by atoms with van der Waals surface area (Å²) in [6.07, 6.45) is 0. The first-order valence-electron chi connectivity index (χ1n) is 7.73. The highest BCUT2D eigenvalue weighted by atomic mass is 35.5. The van der Waals surface area contributed by atoms with E-state index >= 15 is 0 Å². The normalized spacial score (nSPS) is 10.8. The molecule has 0 saturated carbocycles. The van der Waals surface area contributed by atoms with Gasteiger partial charge in [-0.2, -0.15) is 5.10 Å². The zero-order valence-corrected chi connectivity index (χ0v) is 15.9. The highest BCUT2D eigenvalue weighted by Gasteiger charge is 2.15. The number of rotatable bonds is 5. The van der Waals surface area contributed by atoms with Crippen LogP contribution in [0.2, 0.25) is 10.0 Å². The summed E-state index contributed by atoms with van der Waals surface area (Å²) in [6, 6.07) is 17.1. The summed E-state index contributed by atoms with van der Waals surface area (Å²) >= 11 is 13.7. The van der Waals surface area contributed by atoms with Crippen LogP contribution < -0.4 is 0 Å². The maximum Gasteiger partial charge on any atom is 0.239 e. The summed E-state index contributed by atoms with van der Waals surface area (Å²) in [7, 11) is 0. The van der Waals surface area contributed by atoms with Gasteiger partial charge in [0.1, 0.15) is 5.69 Å². The SMILES string of the molecule is Cc1cc(C(=O)SCc2ccccc2)nn1Cc1c(Cl)cccc1Cl. The van der Waals surface area contributed by atoms with Crippen molar-refractivity contribution in [2.75, 3.05) is 0 Å². The third-order valence-electron chi connectivity index (χ3n) is 3.77. The fourth-order valence-corrected chi connectivity index (χ4v) is 3.65. The van der Waals surface area contributed by atoms with Crippen molar-refractivity contribution in [3.05, 3.63) is 87.2 Å². The van der Waals surface area contributed by atoms with E-state index in [0.29, 0.717) is 28.0 Å². The molecule has 0 saturated heterocycles. The minimum atomic E-state index is -0.0454. The van der Waals surface area contributed by atoms with E-state index in [4.69, 9.17) is 23.2 Å². The number of carbonyl (C=O) groups excluding carboxylic acids is 1. The molecule has 3 rings (SSSR count). The van der Waals surface area contributed by atoms with Crippen molar-refractivity contribution in [3.8, 4) is 0 Å². The molecule has 128 valence electrons. The Labute approximate surface area is 161 Å². The topological polar surface area (TPSA) is 34.9 Å². The Morgan fingerprint density at radius 3 is 2.44 bits per heavy atom. The number of thioether (sulfide) groups is 1. The summed E-state index contributed by atoms with van der Waals surface area (Å²) in [5.41, 5.74) is 3.24. The lowest BCUT2D eigenvalue weighted by Crippen LogP contribution is -2.06. The molecule has 0 unspecified atom stereocenters. The van der Waals surface area contributed by atoms with E-state index in [2.05, 4.69) is 5.10 Å². The van der Waals surface area contributed by atoms with Crippen LogP contribution in [0.1, 0.15) is 27.3 Å². The van der Waals surface area contributed by atoms with Gasteiger partial charge >= 0.3 is 0 Å². The second-order valence-electron chi connectivity index (χ2n) is 5.59. The predicted molar refractivity (Wildman–Crippen MR) is 105 cm³/mol. The average Bonchev–Trinajstić information content (AvgIpc) is 2.98. The number of hydrogen-bond donors (Lipinski definition) is 0. The number of hydrogen-bond acceptors (Lipinski definition) is 3. The monoisotopic (exact) mass is 390 g/mol. The molecule has 0 aliphatic carbocycles. The molecule has 0 fully saturated rings. The summed E-state index contributed by atoms with van der Waals surface area (Å²) in [5.74, 6) is 0.627. The minimum absolute atomic E-state index is 0.0454. The molecule has 3 nitrogen and oxygen atoms in total. The van der Waals surface area contributed by atoms with E-state index in [1.165, 1.54) is 11.8 Å². The van der Waals surface area contributed by atoms with E-state index in [1.807, 2.05) is 37.3 Å². The van der Waals surface area contributed by atoms with Crippen LogP contribution in [-0.2, 0) is 12.3 Å². The van der Waals surface area contributed by atoms with Crippen molar-refractivity contribution in [3.63, 3.8) is 0 Å². The van der Waals surface area contributed by atoms with Crippen molar-refractivity contribution in [1.82, 2.24) is 9.78 Å². The molecular weight excluding hydrogens is 375 g/mol. The first-order valence-corrected chi connectivity index (χ1v) is 9.47. The lowest BCUT2D eigenvalue weighted by atomic mass is 10.2. The third kappa shape index (κ3) is 4.46. The van der Waals surface area contributed by atoms with Crippen LogP contribution in [0.25, 0.3) is 0 Å². The van der Waals surface area contributed by atoms with Gasteiger partial charge in [0.05, 0.1) is 6.54 Å². The van der Waals surface area contributed by atoms with Crippen molar-refractivity contribution in [2.45, 2.75) is 19.2 Å². The van der Waals surface area contributed by atoms with Crippen molar-refractivity contribution in [1.29, 1.82) is 0 Å². The molecule has 3 aromatic rings. The maximum absolute atomic E-state index is 12.4. The Morgan fingerprint density at radius 2 is 1.76 bits per heavy atom. The second-order valence-corrected chi connectivity index (χ2v) is 7.35. The Balaban J connectivity index is 1.72. The van der Waals surface area contributed by atoms with Crippen molar-refractivity contribution >= 4 is 40.1 Å². The molecule has 0 bridgehead atoms. The fourth-order valence-electron chi connectivity index (χ4n) is 2.40. The van der Waals surface area contributed by atoms with E-state index in [9.17, 15) is 4.79 Å². The quantitative estimate of drug-likeness (QED) is 0.566. The molecule has 2 aromatic carbocycles. The minimum Gasteiger partial charge on any atom is -0.280 e. The number of aromatic nitrogens is 2. The van der Waals surface area contributed by atoms with Crippen molar-refractivity contribution in [2.24, 2.45) is 0 Å². The van der Waals surface area contributed by atoms with E-state index < -0.39 is 0 Å². The smallest absolute Gasteiger partial charge is 0.239 e. The second kappa shape index (κ2) is 8.09. The molecule has 0 aliphatic rings. The molecule has 0 atom stereocenters. The Bertz CT molecular complexity index is 873. The van der Waals surface area contributed by atoms with E-state index in [-0.39, 0.29) is 5.12 Å². The first kappa shape index (κ1) is 18.1. The summed E-state index contributed by atoms with van der Waals surface area (Å²) < 4.78 is 1.75. The molecule has 1 aromatic heterocycles. The summed E-state index contributed by atoms with van der Waals surface area (Å²) in [6.45, 7) is 2.34. The molecular formula is C19H16Cl2N2OS. The van der Waals surface area contributed by atoms with Crippen LogP contribution in [0.4, 0.5) is 0 Å². The van der Waals surface area contributed by atoms with Crippen LogP contribution in [-0.4, -0.2) is 14.9 Å². The molecule has 0 radical (unpaired) electrons. The Kier molecular flexibility index (Phi) is 5.84. The summed E-state index contributed by atoms with van der Waals surface area (Å²) in [5, 5.41) is 5.57. The van der Waals surface area contributed by atoms with Gasteiger partial charge in [0, 0.05) is 27.1 Å². The molecule has 25 heavy (non-hydrogen) atoms. The van der Waals surface area contributed by atoms with Gasteiger partial charge in [-0.3, -0.25) is 9.48 Å². The molecule has 0 amide bonds. The maximum atomic E-state index is 12.4. The first-order chi connectivity index (χ1) is 12.0. The lowest BCUT2D eigenvalue weighted by molar-refractivity contribution is 0.108.